The minimum atomic E-state index is -4.13. The highest BCUT2D eigenvalue weighted by atomic mass is 35.5. The number of halogens is 1. The number of unbranched alkanes of at least 4 members (excludes halogenated alkanes) is 1. The van der Waals surface area contributed by atoms with Crippen LogP contribution in [-0.2, 0) is 26.2 Å². The van der Waals surface area contributed by atoms with Crippen LogP contribution in [0.15, 0.2) is 83.8 Å². The summed E-state index contributed by atoms with van der Waals surface area (Å²) in [6, 6.07) is 21.4. The van der Waals surface area contributed by atoms with E-state index in [1.165, 1.54) is 17.0 Å². The Hall–Kier alpha value is -3.36. The molecule has 1 atom stereocenters. The van der Waals surface area contributed by atoms with Crippen molar-refractivity contribution in [1.82, 2.24) is 10.2 Å². The molecule has 0 fully saturated rings. The standard InChI is InChI=1S/C30H36ClN3O4S/c1-4-6-19-32-30(36)28(5-2)33(21-24-13-9-7-10-14-24)29(35)22-34(25-18-17-23(3)27(31)20-25)39(37,38)26-15-11-8-12-16-26/h7-18,20,28H,4-6,19,21-22H2,1-3H3,(H,32,36)/t28-/m1/s1. The first-order valence-corrected chi connectivity index (χ1v) is 15.0. The average molecular weight is 570 g/mol. The van der Waals surface area contributed by atoms with Crippen LogP contribution in [0.2, 0.25) is 5.02 Å². The Morgan fingerprint density at radius 1 is 0.949 bits per heavy atom. The molecular formula is C30H36ClN3O4S. The number of nitrogens with zero attached hydrogens (tertiary/aromatic N) is 2. The average Bonchev–Trinajstić information content (AvgIpc) is 2.94. The number of carbonyl (C=O) groups excluding carboxylic acids is 2. The van der Waals surface area contributed by atoms with Gasteiger partial charge >= 0.3 is 0 Å². The van der Waals surface area contributed by atoms with Crippen LogP contribution in [0.25, 0.3) is 0 Å². The maximum atomic E-state index is 14.0. The zero-order chi connectivity index (χ0) is 28.4. The van der Waals surface area contributed by atoms with Crippen LogP contribution < -0.4 is 9.62 Å². The van der Waals surface area contributed by atoms with E-state index in [9.17, 15) is 18.0 Å². The molecule has 0 aliphatic heterocycles. The number of nitrogens with one attached hydrogen (secondary N) is 1. The van der Waals surface area contributed by atoms with Gasteiger partial charge in [0.25, 0.3) is 10.0 Å². The van der Waals surface area contributed by atoms with Crippen molar-refractivity contribution in [3.63, 3.8) is 0 Å². The van der Waals surface area contributed by atoms with Crippen LogP contribution >= 0.6 is 11.6 Å². The number of sulfonamides is 1. The predicted molar refractivity (Wildman–Crippen MR) is 156 cm³/mol. The highest BCUT2D eigenvalue weighted by Gasteiger charge is 2.33. The zero-order valence-electron chi connectivity index (χ0n) is 22.6. The molecule has 0 radical (unpaired) electrons. The Labute approximate surface area is 236 Å². The van der Waals surface area contributed by atoms with Crippen molar-refractivity contribution in [3.05, 3.63) is 95.0 Å². The highest BCUT2D eigenvalue weighted by molar-refractivity contribution is 7.92. The third-order valence-corrected chi connectivity index (χ3v) is 8.66. The topological polar surface area (TPSA) is 86.8 Å². The van der Waals surface area contributed by atoms with Crippen LogP contribution in [-0.4, -0.2) is 44.3 Å². The first-order valence-electron chi connectivity index (χ1n) is 13.1. The first-order chi connectivity index (χ1) is 18.7. The maximum absolute atomic E-state index is 14.0. The van der Waals surface area contributed by atoms with Crippen molar-refractivity contribution in [1.29, 1.82) is 0 Å². The Balaban J connectivity index is 2.03. The van der Waals surface area contributed by atoms with Crippen molar-refractivity contribution in [2.75, 3.05) is 17.4 Å². The van der Waals surface area contributed by atoms with Gasteiger partial charge in [0.1, 0.15) is 12.6 Å². The van der Waals surface area contributed by atoms with E-state index in [1.54, 1.807) is 36.4 Å². The molecule has 2 amide bonds. The second kappa shape index (κ2) is 14.1. The number of hydrogen-bond donors (Lipinski definition) is 1. The number of benzene rings is 3. The van der Waals surface area contributed by atoms with E-state index >= 15 is 0 Å². The summed E-state index contributed by atoms with van der Waals surface area (Å²) in [5.74, 6) is -0.751. The SMILES string of the molecule is CCCCNC(=O)[C@@H](CC)N(Cc1ccccc1)C(=O)CN(c1ccc(C)c(Cl)c1)S(=O)(=O)c1ccccc1. The van der Waals surface area contributed by atoms with Gasteiger partial charge in [0.15, 0.2) is 0 Å². The molecule has 208 valence electrons. The second-order valence-electron chi connectivity index (χ2n) is 9.33. The van der Waals surface area contributed by atoms with Gasteiger partial charge in [-0.2, -0.15) is 0 Å². The molecule has 0 unspecified atom stereocenters. The molecule has 0 spiro atoms. The largest absolute Gasteiger partial charge is 0.354 e. The van der Waals surface area contributed by atoms with Crippen molar-refractivity contribution in [2.45, 2.75) is 57.5 Å². The van der Waals surface area contributed by atoms with E-state index in [4.69, 9.17) is 11.6 Å². The van der Waals surface area contributed by atoms with E-state index < -0.39 is 28.5 Å². The van der Waals surface area contributed by atoms with E-state index in [0.29, 0.717) is 18.0 Å². The molecule has 7 nitrogen and oxygen atoms in total. The third kappa shape index (κ3) is 7.83. The van der Waals surface area contributed by atoms with Gasteiger partial charge < -0.3 is 10.2 Å². The van der Waals surface area contributed by atoms with Crippen LogP contribution in [0, 0.1) is 6.92 Å². The van der Waals surface area contributed by atoms with E-state index in [0.717, 1.165) is 28.3 Å². The van der Waals surface area contributed by atoms with Gasteiger partial charge in [0, 0.05) is 18.1 Å². The number of carbonyl (C=O) groups is 2. The molecule has 0 saturated carbocycles. The number of anilines is 1. The monoisotopic (exact) mass is 569 g/mol. The molecule has 1 N–H and O–H groups in total. The minimum Gasteiger partial charge on any atom is -0.354 e. The van der Waals surface area contributed by atoms with Gasteiger partial charge in [-0.15, -0.1) is 0 Å². The molecule has 0 aromatic heterocycles. The van der Waals surface area contributed by atoms with E-state index in [2.05, 4.69) is 5.32 Å². The summed E-state index contributed by atoms with van der Waals surface area (Å²) in [5.41, 5.74) is 1.88. The summed E-state index contributed by atoms with van der Waals surface area (Å²) < 4.78 is 28.7. The van der Waals surface area contributed by atoms with Crippen LogP contribution in [0.3, 0.4) is 0 Å². The lowest BCUT2D eigenvalue weighted by Crippen LogP contribution is -2.52. The van der Waals surface area contributed by atoms with Crippen LogP contribution in [0.5, 0.6) is 0 Å². The quantitative estimate of drug-likeness (QED) is 0.273. The van der Waals surface area contributed by atoms with E-state index in [-0.39, 0.29) is 23.0 Å². The van der Waals surface area contributed by atoms with Crippen LogP contribution in [0.4, 0.5) is 5.69 Å². The van der Waals surface area contributed by atoms with Crippen molar-refractivity contribution in [2.24, 2.45) is 0 Å². The molecule has 0 bridgehead atoms. The van der Waals surface area contributed by atoms with E-state index in [1.807, 2.05) is 51.1 Å². The van der Waals surface area contributed by atoms with Crippen molar-refractivity contribution >= 4 is 39.1 Å². The van der Waals surface area contributed by atoms with Crippen molar-refractivity contribution < 1.29 is 18.0 Å². The number of aryl methyl sites for hydroxylation is 1. The molecule has 0 saturated heterocycles. The molecule has 0 heterocycles. The van der Waals surface area contributed by atoms with Gasteiger partial charge in [-0.05, 0) is 55.2 Å². The lowest BCUT2D eigenvalue weighted by molar-refractivity contribution is -0.140. The van der Waals surface area contributed by atoms with Gasteiger partial charge in [-0.3, -0.25) is 13.9 Å². The fourth-order valence-corrected chi connectivity index (χ4v) is 5.79. The molecule has 0 aliphatic carbocycles. The van der Waals surface area contributed by atoms with Crippen molar-refractivity contribution in [3.8, 4) is 0 Å². The lowest BCUT2D eigenvalue weighted by atomic mass is 10.1. The molecule has 0 aliphatic rings. The Kier molecular flexibility index (Phi) is 10.9. The summed E-state index contributed by atoms with van der Waals surface area (Å²) in [6.07, 6.45) is 2.12. The summed E-state index contributed by atoms with van der Waals surface area (Å²) in [6.45, 7) is 5.87. The van der Waals surface area contributed by atoms with Gasteiger partial charge in [0.05, 0.1) is 10.6 Å². The highest BCUT2D eigenvalue weighted by Crippen LogP contribution is 2.28. The number of amides is 2. The Morgan fingerprint density at radius 2 is 1.59 bits per heavy atom. The molecular weight excluding hydrogens is 534 g/mol. The lowest BCUT2D eigenvalue weighted by Gasteiger charge is -2.33. The fraction of sp³-hybridized carbons (Fsp3) is 0.333. The normalized spacial score (nSPS) is 12.0. The smallest absolute Gasteiger partial charge is 0.264 e. The molecule has 9 heteroatoms. The summed E-state index contributed by atoms with van der Waals surface area (Å²) >= 11 is 6.37. The molecule has 3 rings (SSSR count). The molecule has 3 aromatic carbocycles. The predicted octanol–water partition coefficient (Wildman–Crippen LogP) is 5.57. The maximum Gasteiger partial charge on any atom is 0.264 e. The number of hydrogen-bond acceptors (Lipinski definition) is 4. The minimum absolute atomic E-state index is 0.0495. The fourth-order valence-electron chi connectivity index (χ4n) is 4.19. The summed E-state index contributed by atoms with van der Waals surface area (Å²) in [7, 11) is -4.13. The summed E-state index contributed by atoms with van der Waals surface area (Å²) in [4.78, 5) is 28.7. The second-order valence-corrected chi connectivity index (χ2v) is 11.6. The van der Waals surface area contributed by atoms with Gasteiger partial charge in [-0.1, -0.05) is 86.5 Å². The Morgan fingerprint density at radius 3 is 2.18 bits per heavy atom. The first kappa shape index (κ1) is 30.2. The van der Waals surface area contributed by atoms with Gasteiger partial charge in [-0.25, -0.2) is 8.42 Å². The van der Waals surface area contributed by atoms with Crippen LogP contribution in [0.1, 0.15) is 44.2 Å². The summed E-state index contributed by atoms with van der Waals surface area (Å²) in [5, 5.41) is 3.31. The Bertz CT molecular complexity index is 1350. The number of rotatable bonds is 13. The zero-order valence-corrected chi connectivity index (χ0v) is 24.2. The third-order valence-electron chi connectivity index (χ3n) is 6.46. The molecule has 3 aromatic rings. The molecule has 39 heavy (non-hydrogen) atoms. The van der Waals surface area contributed by atoms with Gasteiger partial charge in [0.2, 0.25) is 11.8 Å².